The largest absolute Gasteiger partial charge is 0.507 e. The highest BCUT2D eigenvalue weighted by Crippen LogP contribution is 2.41. The van der Waals surface area contributed by atoms with Crippen molar-refractivity contribution >= 4 is 17.4 Å². The molecule has 0 aliphatic carbocycles. The first kappa shape index (κ1) is 23.0. The number of pyridine rings is 1. The fourth-order valence-electron chi connectivity index (χ4n) is 4.21. The monoisotopic (exact) mass is 480 g/mol. The Kier molecular flexibility index (Phi) is 6.28. The predicted octanol–water partition coefficient (Wildman–Crippen LogP) is 5.63. The normalized spacial score (nSPS) is 16.8. The lowest BCUT2D eigenvalue weighted by Crippen LogP contribution is -2.29. The van der Waals surface area contributed by atoms with Gasteiger partial charge in [0.2, 0.25) is 0 Å². The summed E-state index contributed by atoms with van der Waals surface area (Å²) in [5.74, 6) is -1.29. The van der Waals surface area contributed by atoms with Crippen LogP contribution in [-0.4, -0.2) is 26.7 Å². The number of carbonyl (C=O) groups excluding carboxylic acids is 2. The van der Waals surface area contributed by atoms with Crippen LogP contribution in [0.1, 0.15) is 22.7 Å². The SMILES string of the molecule is O=C1C(=O)N(Cc2cccnc2)C(c2cccc(Oc3ccccc3)c2)/C1=C(/O)c1ccc(F)cc1. The first-order valence-corrected chi connectivity index (χ1v) is 11.3. The van der Waals surface area contributed by atoms with E-state index in [1.807, 2.05) is 30.3 Å². The van der Waals surface area contributed by atoms with Gasteiger partial charge in [-0.25, -0.2) is 4.39 Å². The number of aliphatic hydroxyl groups excluding tert-OH is 1. The maximum absolute atomic E-state index is 13.5. The van der Waals surface area contributed by atoms with Gasteiger partial charge in [0.25, 0.3) is 11.7 Å². The Bertz CT molecular complexity index is 1440. The van der Waals surface area contributed by atoms with E-state index in [4.69, 9.17) is 4.74 Å². The molecule has 1 amide bonds. The number of rotatable bonds is 6. The Morgan fingerprint density at radius 2 is 1.67 bits per heavy atom. The summed E-state index contributed by atoms with van der Waals surface area (Å²) in [5.41, 5.74) is 1.46. The fraction of sp³-hybridized carbons (Fsp3) is 0.0690. The Morgan fingerprint density at radius 3 is 2.39 bits per heavy atom. The third kappa shape index (κ3) is 4.59. The Balaban J connectivity index is 1.61. The molecule has 1 unspecified atom stereocenters. The van der Waals surface area contributed by atoms with Crippen LogP contribution in [0.5, 0.6) is 11.5 Å². The Morgan fingerprint density at radius 1 is 0.917 bits per heavy atom. The number of likely N-dealkylation sites (tertiary alicyclic amines) is 1. The van der Waals surface area contributed by atoms with E-state index >= 15 is 0 Å². The quantitative estimate of drug-likeness (QED) is 0.220. The maximum Gasteiger partial charge on any atom is 0.295 e. The molecule has 1 atom stereocenters. The van der Waals surface area contributed by atoms with Gasteiger partial charge in [-0.2, -0.15) is 0 Å². The number of ether oxygens (including phenoxy) is 1. The van der Waals surface area contributed by atoms with Gasteiger partial charge in [0.15, 0.2) is 0 Å². The van der Waals surface area contributed by atoms with Crippen molar-refractivity contribution in [3.05, 3.63) is 131 Å². The number of hydrogen-bond acceptors (Lipinski definition) is 5. The molecule has 6 nitrogen and oxygen atoms in total. The number of ketones is 1. The van der Waals surface area contributed by atoms with Crippen LogP contribution in [0, 0.1) is 5.82 Å². The smallest absolute Gasteiger partial charge is 0.295 e. The topological polar surface area (TPSA) is 79.7 Å². The van der Waals surface area contributed by atoms with Crippen LogP contribution in [0.4, 0.5) is 4.39 Å². The second-order valence-electron chi connectivity index (χ2n) is 8.28. The lowest BCUT2D eigenvalue weighted by molar-refractivity contribution is -0.140. The van der Waals surface area contributed by atoms with Crippen LogP contribution in [0.2, 0.25) is 0 Å². The highest BCUT2D eigenvalue weighted by molar-refractivity contribution is 6.46. The van der Waals surface area contributed by atoms with Gasteiger partial charge in [-0.3, -0.25) is 14.6 Å². The van der Waals surface area contributed by atoms with Crippen molar-refractivity contribution in [1.82, 2.24) is 9.88 Å². The molecular weight excluding hydrogens is 459 g/mol. The number of Topliss-reactive ketones (excluding diaryl/α,β-unsaturated/α-hetero) is 1. The minimum absolute atomic E-state index is 0.0765. The molecule has 1 aliphatic heterocycles. The molecule has 3 aromatic carbocycles. The van der Waals surface area contributed by atoms with Crippen molar-refractivity contribution in [2.24, 2.45) is 0 Å². The van der Waals surface area contributed by atoms with E-state index in [0.29, 0.717) is 17.1 Å². The van der Waals surface area contributed by atoms with Gasteiger partial charge in [-0.05, 0) is 65.7 Å². The van der Waals surface area contributed by atoms with E-state index in [-0.39, 0.29) is 23.4 Å². The minimum Gasteiger partial charge on any atom is -0.507 e. The summed E-state index contributed by atoms with van der Waals surface area (Å²) in [6.45, 7) is 0.104. The molecule has 2 heterocycles. The summed E-state index contributed by atoms with van der Waals surface area (Å²) < 4.78 is 19.4. The number of amides is 1. The molecule has 36 heavy (non-hydrogen) atoms. The van der Waals surface area contributed by atoms with E-state index in [2.05, 4.69) is 4.98 Å². The highest BCUT2D eigenvalue weighted by atomic mass is 19.1. The van der Waals surface area contributed by atoms with Crippen LogP contribution < -0.4 is 4.74 Å². The average Bonchev–Trinajstić information content (AvgIpc) is 3.15. The van der Waals surface area contributed by atoms with Gasteiger partial charge in [-0.15, -0.1) is 0 Å². The number of halogens is 1. The van der Waals surface area contributed by atoms with Crippen molar-refractivity contribution in [2.45, 2.75) is 12.6 Å². The summed E-state index contributed by atoms with van der Waals surface area (Å²) in [5, 5.41) is 11.1. The van der Waals surface area contributed by atoms with E-state index in [0.717, 1.165) is 5.56 Å². The number of nitrogens with zero attached hydrogens (tertiary/aromatic N) is 2. The Hall–Kier alpha value is -4.78. The standard InChI is InChI=1S/C29H21FN2O4/c30-22-13-11-20(12-14-22)27(33)25-26(32(29(35)28(25)34)18-19-6-5-15-31-17-19)21-7-4-10-24(16-21)36-23-8-2-1-3-9-23/h1-17,26,33H,18H2/b27-25-. The molecular formula is C29H21FN2O4. The zero-order valence-electron chi connectivity index (χ0n) is 19.0. The first-order chi connectivity index (χ1) is 17.5. The molecule has 1 saturated heterocycles. The number of hydrogen-bond donors (Lipinski definition) is 1. The number of benzene rings is 3. The van der Waals surface area contributed by atoms with Crippen molar-refractivity contribution in [3.8, 4) is 11.5 Å². The summed E-state index contributed by atoms with van der Waals surface area (Å²) >= 11 is 0. The fourth-order valence-corrected chi connectivity index (χ4v) is 4.21. The van der Waals surface area contributed by atoms with Gasteiger partial charge >= 0.3 is 0 Å². The maximum atomic E-state index is 13.5. The van der Waals surface area contributed by atoms with Crippen molar-refractivity contribution in [2.75, 3.05) is 0 Å². The third-order valence-electron chi connectivity index (χ3n) is 5.89. The molecule has 178 valence electrons. The van der Waals surface area contributed by atoms with Gasteiger partial charge in [0.1, 0.15) is 23.1 Å². The van der Waals surface area contributed by atoms with Gasteiger partial charge in [0, 0.05) is 24.5 Å². The molecule has 0 spiro atoms. The third-order valence-corrected chi connectivity index (χ3v) is 5.89. The lowest BCUT2D eigenvalue weighted by Gasteiger charge is -2.25. The lowest BCUT2D eigenvalue weighted by atomic mass is 9.95. The molecule has 0 saturated carbocycles. The highest BCUT2D eigenvalue weighted by Gasteiger charge is 2.46. The van der Waals surface area contributed by atoms with E-state index < -0.39 is 23.5 Å². The van der Waals surface area contributed by atoms with Gasteiger partial charge in [-0.1, -0.05) is 36.4 Å². The number of aromatic nitrogens is 1. The zero-order valence-corrected chi connectivity index (χ0v) is 19.0. The van der Waals surface area contributed by atoms with Gasteiger partial charge < -0.3 is 14.7 Å². The molecule has 1 fully saturated rings. The predicted molar refractivity (Wildman–Crippen MR) is 131 cm³/mol. The van der Waals surface area contributed by atoms with Crippen molar-refractivity contribution in [3.63, 3.8) is 0 Å². The van der Waals surface area contributed by atoms with Crippen LogP contribution in [-0.2, 0) is 16.1 Å². The van der Waals surface area contributed by atoms with Crippen LogP contribution in [0.3, 0.4) is 0 Å². The average molecular weight is 480 g/mol. The Labute approximate surface area is 206 Å². The first-order valence-electron chi connectivity index (χ1n) is 11.3. The summed E-state index contributed by atoms with van der Waals surface area (Å²) in [6, 6.07) is 24.0. The van der Waals surface area contributed by atoms with Crippen LogP contribution >= 0.6 is 0 Å². The second kappa shape index (κ2) is 9.84. The molecule has 5 rings (SSSR count). The molecule has 0 radical (unpaired) electrons. The molecule has 0 bridgehead atoms. The molecule has 1 N–H and O–H groups in total. The zero-order chi connectivity index (χ0) is 25.1. The number of aliphatic hydroxyl groups is 1. The number of para-hydroxylation sites is 1. The molecule has 4 aromatic rings. The molecule has 1 aliphatic rings. The van der Waals surface area contributed by atoms with Crippen molar-refractivity contribution < 1.29 is 23.8 Å². The molecule has 1 aromatic heterocycles. The number of carbonyl (C=O) groups is 2. The second-order valence-corrected chi connectivity index (χ2v) is 8.28. The van der Waals surface area contributed by atoms with E-state index in [1.165, 1.54) is 29.2 Å². The van der Waals surface area contributed by atoms with Crippen LogP contribution in [0.15, 0.2) is 109 Å². The van der Waals surface area contributed by atoms with E-state index in [9.17, 15) is 19.1 Å². The summed E-state index contributed by atoms with van der Waals surface area (Å²) in [7, 11) is 0. The van der Waals surface area contributed by atoms with Gasteiger partial charge in [0.05, 0.1) is 11.6 Å². The summed E-state index contributed by atoms with van der Waals surface area (Å²) in [4.78, 5) is 31.9. The molecule has 7 heteroatoms. The van der Waals surface area contributed by atoms with Crippen LogP contribution in [0.25, 0.3) is 5.76 Å². The van der Waals surface area contributed by atoms with E-state index in [1.54, 1.807) is 48.8 Å². The van der Waals surface area contributed by atoms with Crippen molar-refractivity contribution in [1.29, 1.82) is 0 Å². The summed E-state index contributed by atoms with van der Waals surface area (Å²) in [6.07, 6.45) is 3.24. The minimum atomic E-state index is -0.894.